The molecule has 4 rings (SSSR count). The van der Waals surface area contributed by atoms with Crippen molar-refractivity contribution in [3.8, 4) is 5.95 Å². The zero-order chi connectivity index (χ0) is 23.9. The molecular formula is C24H26N6O4. The summed E-state index contributed by atoms with van der Waals surface area (Å²) in [5.74, 6) is -0.548. The number of methoxy groups -OCH3 is 1. The summed E-state index contributed by atoms with van der Waals surface area (Å²) in [4.78, 5) is 45.2. The molecule has 1 saturated heterocycles. The number of H-pyrrole nitrogens is 1. The summed E-state index contributed by atoms with van der Waals surface area (Å²) >= 11 is 0. The molecule has 0 radical (unpaired) electrons. The molecule has 0 spiro atoms. The topological polar surface area (TPSA) is 122 Å². The lowest BCUT2D eigenvalue weighted by Gasteiger charge is -2.32. The Morgan fingerprint density at radius 1 is 1.24 bits per heavy atom. The first-order chi connectivity index (χ1) is 16.5. The van der Waals surface area contributed by atoms with Gasteiger partial charge in [0.2, 0.25) is 5.95 Å². The lowest BCUT2D eigenvalue weighted by molar-refractivity contribution is -0.134. The van der Waals surface area contributed by atoms with Crippen molar-refractivity contribution in [3.63, 3.8) is 0 Å². The van der Waals surface area contributed by atoms with Gasteiger partial charge < -0.3 is 10.1 Å². The molecular weight excluding hydrogens is 436 g/mol. The zero-order valence-electron chi connectivity index (χ0n) is 18.8. The number of amides is 1. The highest BCUT2D eigenvalue weighted by Crippen LogP contribution is 2.15. The number of carbonyl (C=O) groups is 2. The van der Waals surface area contributed by atoms with E-state index < -0.39 is 11.5 Å². The molecule has 0 saturated carbocycles. The van der Waals surface area contributed by atoms with Gasteiger partial charge in [0.25, 0.3) is 11.5 Å². The van der Waals surface area contributed by atoms with E-state index in [0.29, 0.717) is 0 Å². The maximum absolute atomic E-state index is 12.6. The average molecular weight is 463 g/mol. The maximum Gasteiger partial charge on any atom is 0.330 e. The molecule has 2 N–H and O–H groups in total. The Labute approximate surface area is 196 Å². The molecule has 10 nitrogen and oxygen atoms in total. The minimum absolute atomic E-state index is 0.000207. The molecule has 0 bridgehead atoms. The van der Waals surface area contributed by atoms with Gasteiger partial charge in [-0.05, 0) is 36.1 Å². The van der Waals surface area contributed by atoms with Crippen molar-refractivity contribution in [3.05, 3.63) is 82.0 Å². The minimum Gasteiger partial charge on any atom is -0.466 e. The number of hydrogen-bond donors (Lipinski definition) is 2. The van der Waals surface area contributed by atoms with Crippen molar-refractivity contribution in [2.45, 2.75) is 25.4 Å². The average Bonchev–Trinajstić information content (AvgIpc) is 3.39. The molecule has 0 aliphatic carbocycles. The Morgan fingerprint density at radius 2 is 2.00 bits per heavy atom. The maximum atomic E-state index is 12.6. The smallest absolute Gasteiger partial charge is 0.330 e. The predicted octanol–water partition coefficient (Wildman–Crippen LogP) is 1.54. The number of carbonyl (C=O) groups excluding carboxylic acids is 2. The van der Waals surface area contributed by atoms with Gasteiger partial charge in [-0.15, -0.1) is 0 Å². The van der Waals surface area contributed by atoms with E-state index in [1.54, 1.807) is 24.5 Å². The van der Waals surface area contributed by atoms with Gasteiger partial charge in [0.05, 0.1) is 7.11 Å². The molecule has 3 heterocycles. The van der Waals surface area contributed by atoms with Gasteiger partial charge in [0.15, 0.2) is 0 Å². The number of hydrogen-bond acceptors (Lipinski definition) is 7. The summed E-state index contributed by atoms with van der Waals surface area (Å²) in [6, 6.07) is 9.72. The molecule has 0 atom stereocenters. The number of aromatic nitrogens is 4. The van der Waals surface area contributed by atoms with Crippen molar-refractivity contribution in [1.29, 1.82) is 0 Å². The van der Waals surface area contributed by atoms with E-state index in [9.17, 15) is 14.4 Å². The van der Waals surface area contributed by atoms with Gasteiger partial charge in [-0.2, -0.15) is 5.10 Å². The summed E-state index contributed by atoms with van der Waals surface area (Å²) in [6.07, 6.45) is 9.21. The van der Waals surface area contributed by atoms with Crippen LogP contribution in [0.15, 0.2) is 59.8 Å². The van der Waals surface area contributed by atoms with E-state index in [0.717, 1.165) is 38.0 Å². The van der Waals surface area contributed by atoms with E-state index >= 15 is 0 Å². The van der Waals surface area contributed by atoms with Gasteiger partial charge >= 0.3 is 5.97 Å². The Hall–Kier alpha value is -4.05. The van der Waals surface area contributed by atoms with Gasteiger partial charge in [-0.1, -0.05) is 24.3 Å². The van der Waals surface area contributed by atoms with Crippen LogP contribution in [0.1, 0.15) is 34.3 Å². The number of nitrogens with zero attached hydrogens (tertiary/aromatic N) is 4. The second-order valence-electron chi connectivity index (χ2n) is 8.02. The highest BCUT2D eigenvalue weighted by Gasteiger charge is 2.22. The fraction of sp³-hybridized carbons (Fsp3) is 0.292. The monoisotopic (exact) mass is 462 g/mol. The summed E-state index contributed by atoms with van der Waals surface area (Å²) in [6.45, 7) is 2.48. The van der Waals surface area contributed by atoms with Crippen LogP contribution in [0.4, 0.5) is 0 Å². The first-order valence-electron chi connectivity index (χ1n) is 11.0. The van der Waals surface area contributed by atoms with Crippen molar-refractivity contribution in [2.24, 2.45) is 0 Å². The summed E-state index contributed by atoms with van der Waals surface area (Å²) in [5, 5.41) is 6.97. The molecule has 2 aromatic heterocycles. The van der Waals surface area contributed by atoms with E-state index in [1.165, 1.54) is 29.6 Å². The molecule has 10 heteroatoms. The lowest BCUT2D eigenvalue weighted by Crippen LogP contribution is -2.45. The highest BCUT2D eigenvalue weighted by atomic mass is 16.5. The fourth-order valence-electron chi connectivity index (χ4n) is 3.78. The standard InChI is InChI=1S/C24H26N6O4/c1-34-21(31)8-7-17-3-5-18(6-4-17)16-29-13-9-19(10-14-29)27-22(32)20-15-25-24(28-23(20)33)30-12-2-11-26-30/h2-8,11-12,15,19H,9-10,13-14,16H2,1H3,(H,27,32)(H,25,28,33). The molecule has 176 valence electrons. The Kier molecular flexibility index (Phi) is 7.28. The second-order valence-corrected chi connectivity index (χ2v) is 8.02. The summed E-state index contributed by atoms with van der Waals surface area (Å²) in [5.41, 5.74) is 1.59. The van der Waals surface area contributed by atoms with E-state index in [-0.39, 0.29) is 23.5 Å². The van der Waals surface area contributed by atoms with Crippen molar-refractivity contribution in [1.82, 2.24) is 30.0 Å². The third kappa shape index (κ3) is 5.84. The van der Waals surface area contributed by atoms with Crippen molar-refractivity contribution >= 4 is 18.0 Å². The molecule has 1 aromatic carbocycles. The Morgan fingerprint density at radius 3 is 2.65 bits per heavy atom. The van der Waals surface area contributed by atoms with Crippen LogP contribution in [-0.2, 0) is 16.1 Å². The molecule has 0 unspecified atom stereocenters. The highest BCUT2D eigenvalue weighted by molar-refractivity contribution is 5.93. The summed E-state index contributed by atoms with van der Waals surface area (Å²) in [7, 11) is 1.35. The molecule has 1 fully saturated rings. The third-order valence-electron chi connectivity index (χ3n) is 5.67. The number of ether oxygens (including phenoxy) is 1. The largest absolute Gasteiger partial charge is 0.466 e. The van der Waals surface area contributed by atoms with Gasteiger partial charge in [-0.3, -0.25) is 19.5 Å². The number of piperidine rings is 1. The number of aromatic amines is 1. The number of esters is 1. The fourth-order valence-corrected chi connectivity index (χ4v) is 3.78. The molecule has 1 aliphatic heterocycles. The summed E-state index contributed by atoms with van der Waals surface area (Å²) < 4.78 is 6.02. The number of benzene rings is 1. The van der Waals surface area contributed by atoms with Crippen LogP contribution in [0.25, 0.3) is 12.0 Å². The minimum atomic E-state index is -0.500. The van der Waals surface area contributed by atoms with Gasteiger partial charge in [0.1, 0.15) is 5.56 Å². The van der Waals surface area contributed by atoms with E-state index in [2.05, 4.69) is 30.0 Å². The van der Waals surface area contributed by atoms with E-state index in [1.807, 2.05) is 24.3 Å². The number of likely N-dealkylation sites (tertiary alicyclic amines) is 1. The van der Waals surface area contributed by atoms with Crippen LogP contribution in [-0.4, -0.2) is 62.8 Å². The number of rotatable bonds is 7. The zero-order valence-corrected chi connectivity index (χ0v) is 18.8. The van der Waals surface area contributed by atoms with Gasteiger partial charge in [0, 0.05) is 50.3 Å². The van der Waals surface area contributed by atoms with E-state index in [4.69, 9.17) is 0 Å². The second kappa shape index (κ2) is 10.7. The Balaban J connectivity index is 1.26. The molecule has 1 aliphatic rings. The number of nitrogens with one attached hydrogen (secondary N) is 2. The van der Waals surface area contributed by atoms with Crippen LogP contribution in [0.2, 0.25) is 0 Å². The third-order valence-corrected chi connectivity index (χ3v) is 5.67. The molecule has 34 heavy (non-hydrogen) atoms. The molecule has 1 amide bonds. The van der Waals surface area contributed by atoms with Crippen LogP contribution in [0.5, 0.6) is 0 Å². The first-order valence-corrected chi connectivity index (χ1v) is 11.0. The normalized spacial score (nSPS) is 14.9. The quantitative estimate of drug-likeness (QED) is 0.403. The lowest BCUT2D eigenvalue weighted by atomic mass is 10.0. The van der Waals surface area contributed by atoms with Crippen LogP contribution < -0.4 is 10.9 Å². The van der Waals surface area contributed by atoms with Crippen LogP contribution in [0.3, 0.4) is 0 Å². The van der Waals surface area contributed by atoms with Crippen LogP contribution in [0, 0.1) is 0 Å². The first kappa shape index (κ1) is 23.1. The van der Waals surface area contributed by atoms with Crippen molar-refractivity contribution in [2.75, 3.05) is 20.2 Å². The van der Waals surface area contributed by atoms with Crippen molar-refractivity contribution < 1.29 is 14.3 Å². The van der Waals surface area contributed by atoms with Gasteiger partial charge in [-0.25, -0.2) is 14.5 Å². The SMILES string of the molecule is COC(=O)C=Cc1ccc(CN2CCC(NC(=O)c3cnc(-n4cccn4)[nH]c3=O)CC2)cc1. The Bertz CT molecular complexity index is 1210. The molecule has 3 aromatic rings. The van der Waals surface area contributed by atoms with Crippen LogP contribution >= 0.6 is 0 Å². The predicted molar refractivity (Wildman–Crippen MR) is 125 cm³/mol.